The zero-order valence-corrected chi connectivity index (χ0v) is 11.7. The molecule has 1 aliphatic heterocycles. The molecule has 3 rings (SSSR count). The predicted octanol–water partition coefficient (Wildman–Crippen LogP) is 2.61. The number of fused-ring (bicyclic) bond motifs is 1. The van der Waals surface area contributed by atoms with Crippen LogP contribution in [0.3, 0.4) is 0 Å². The Hall–Kier alpha value is -2.50. The summed E-state index contributed by atoms with van der Waals surface area (Å²) < 4.78 is 10.7. The zero-order chi connectivity index (χ0) is 14.1. The molecule has 6 heteroatoms. The van der Waals surface area contributed by atoms with Gasteiger partial charge in [-0.05, 0) is 26.0 Å². The standard InChI is InChI=1S/C14H16N4O2/c1-8-13(15-3)16-9(2)17-14(8)18-10-4-5-11-12(6-10)20-7-19-11/h4-6H,7H2,1-3H3,(H2,15,16,17,18). The van der Waals surface area contributed by atoms with Crippen LogP contribution in [0.5, 0.6) is 11.5 Å². The summed E-state index contributed by atoms with van der Waals surface area (Å²) in [6, 6.07) is 5.72. The lowest BCUT2D eigenvalue weighted by atomic mass is 10.2. The molecule has 1 aromatic carbocycles. The van der Waals surface area contributed by atoms with Gasteiger partial charge in [-0.2, -0.15) is 0 Å². The molecule has 2 aromatic rings. The zero-order valence-electron chi connectivity index (χ0n) is 11.7. The third-order valence-corrected chi connectivity index (χ3v) is 3.13. The summed E-state index contributed by atoms with van der Waals surface area (Å²) >= 11 is 0. The predicted molar refractivity (Wildman–Crippen MR) is 76.9 cm³/mol. The number of nitrogens with one attached hydrogen (secondary N) is 2. The van der Waals surface area contributed by atoms with Crippen LogP contribution >= 0.6 is 0 Å². The van der Waals surface area contributed by atoms with Crippen molar-refractivity contribution in [3.05, 3.63) is 29.6 Å². The SMILES string of the molecule is CNc1nc(C)nc(Nc2ccc3c(c2)OCO3)c1C. The molecule has 1 aromatic heterocycles. The third kappa shape index (κ3) is 2.20. The minimum Gasteiger partial charge on any atom is -0.454 e. The molecular formula is C14H16N4O2. The molecule has 2 N–H and O–H groups in total. The van der Waals surface area contributed by atoms with Crippen LogP contribution in [0.4, 0.5) is 17.3 Å². The highest BCUT2D eigenvalue weighted by molar-refractivity contribution is 5.67. The second-order valence-corrected chi connectivity index (χ2v) is 4.54. The van der Waals surface area contributed by atoms with Gasteiger partial charge < -0.3 is 20.1 Å². The Balaban J connectivity index is 1.93. The molecule has 0 spiro atoms. The molecule has 0 bridgehead atoms. The molecule has 0 atom stereocenters. The Labute approximate surface area is 117 Å². The van der Waals surface area contributed by atoms with E-state index in [-0.39, 0.29) is 6.79 Å². The quantitative estimate of drug-likeness (QED) is 0.895. The topological polar surface area (TPSA) is 68.3 Å². The fourth-order valence-corrected chi connectivity index (χ4v) is 2.10. The van der Waals surface area contributed by atoms with Gasteiger partial charge in [-0.15, -0.1) is 0 Å². The van der Waals surface area contributed by atoms with Crippen molar-refractivity contribution in [2.75, 3.05) is 24.5 Å². The van der Waals surface area contributed by atoms with Crippen molar-refractivity contribution in [2.24, 2.45) is 0 Å². The van der Waals surface area contributed by atoms with Crippen LogP contribution in [0.15, 0.2) is 18.2 Å². The van der Waals surface area contributed by atoms with E-state index in [1.54, 1.807) is 0 Å². The summed E-state index contributed by atoms with van der Waals surface area (Å²) in [6.45, 7) is 4.11. The fraction of sp³-hybridized carbons (Fsp3) is 0.286. The number of nitrogens with zero attached hydrogens (tertiary/aromatic N) is 2. The maximum Gasteiger partial charge on any atom is 0.231 e. The van der Waals surface area contributed by atoms with Crippen molar-refractivity contribution in [3.63, 3.8) is 0 Å². The normalized spacial score (nSPS) is 12.3. The van der Waals surface area contributed by atoms with Crippen molar-refractivity contribution in [1.82, 2.24) is 9.97 Å². The second kappa shape index (κ2) is 4.88. The van der Waals surface area contributed by atoms with E-state index in [1.807, 2.05) is 39.1 Å². The van der Waals surface area contributed by atoms with Crippen LogP contribution in [0, 0.1) is 13.8 Å². The van der Waals surface area contributed by atoms with Gasteiger partial charge in [-0.3, -0.25) is 0 Å². The van der Waals surface area contributed by atoms with Crippen LogP contribution in [0.1, 0.15) is 11.4 Å². The molecule has 0 saturated heterocycles. The van der Waals surface area contributed by atoms with Crippen molar-refractivity contribution >= 4 is 17.3 Å². The van der Waals surface area contributed by atoms with Crippen LogP contribution < -0.4 is 20.1 Å². The van der Waals surface area contributed by atoms with E-state index >= 15 is 0 Å². The number of benzene rings is 1. The number of hydrogen-bond donors (Lipinski definition) is 2. The lowest BCUT2D eigenvalue weighted by Gasteiger charge is -2.12. The van der Waals surface area contributed by atoms with E-state index in [0.29, 0.717) is 5.82 Å². The molecule has 0 unspecified atom stereocenters. The maximum atomic E-state index is 5.37. The lowest BCUT2D eigenvalue weighted by Crippen LogP contribution is -2.05. The maximum absolute atomic E-state index is 5.37. The summed E-state index contributed by atoms with van der Waals surface area (Å²) in [4.78, 5) is 8.78. The molecule has 20 heavy (non-hydrogen) atoms. The Morgan fingerprint density at radius 1 is 1.05 bits per heavy atom. The fourth-order valence-electron chi connectivity index (χ4n) is 2.10. The number of hydrogen-bond acceptors (Lipinski definition) is 6. The summed E-state index contributed by atoms with van der Waals surface area (Å²) in [5, 5.41) is 6.36. The Morgan fingerprint density at radius 3 is 2.60 bits per heavy atom. The summed E-state index contributed by atoms with van der Waals surface area (Å²) in [5.74, 6) is 3.82. The molecule has 1 aliphatic rings. The average Bonchev–Trinajstić information content (AvgIpc) is 2.90. The highest BCUT2D eigenvalue weighted by Crippen LogP contribution is 2.35. The van der Waals surface area contributed by atoms with Gasteiger partial charge in [0.05, 0.1) is 0 Å². The first-order valence-corrected chi connectivity index (χ1v) is 6.37. The highest BCUT2D eigenvalue weighted by Gasteiger charge is 2.14. The first kappa shape index (κ1) is 12.5. The van der Waals surface area contributed by atoms with E-state index in [1.165, 1.54) is 0 Å². The molecule has 2 heterocycles. The Morgan fingerprint density at radius 2 is 1.80 bits per heavy atom. The van der Waals surface area contributed by atoms with Crippen molar-refractivity contribution < 1.29 is 9.47 Å². The highest BCUT2D eigenvalue weighted by atomic mass is 16.7. The van der Waals surface area contributed by atoms with E-state index in [9.17, 15) is 0 Å². The van der Waals surface area contributed by atoms with Gasteiger partial charge in [-0.25, -0.2) is 9.97 Å². The Kier molecular flexibility index (Phi) is 3.06. The average molecular weight is 272 g/mol. The molecule has 6 nitrogen and oxygen atoms in total. The lowest BCUT2D eigenvalue weighted by molar-refractivity contribution is 0.174. The first-order chi connectivity index (χ1) is 9.67. The molecule has 104 valence electrons. The van der Waals surface area contributed by atoms with Gasteiger partial charge in [-0.1, -0.05) is 0 Å². The van der Waals surface area contributed by atoms with Gasteiger partial charge in [0.15, 0.2) is 11.5 Å². The number of aryl methyl sites for hydroxylation is 1. The minimum atomic E-state index is 0.272. The van der Waals surface area contributed by atoms with Gasteiger partial charge >= 0.3 is 0 Å². The molecule has 0 radical (unpaired) electrons. The minimum absolute atomic E-state index is 0.272. The Bertz CT molecular complexity index is 658. The number of ether oxygens (including phenoxy) is 2. The largest absolute Gasteiger partial charge is 0.454 e. The number of anilines is 3. The third-order valence-electron chi connectivity index (χ3n) is 3.13. The van der Waals surface area contributed by atoms with Gasteiger partial charge in [0.25, 0.3) is 0 Å². The van der Waals surface area contributed by atoms with Crippen molar-refractivity contribution in [2.45, 2.75) is 13.8 Å². The van der Waals surface area contributed by atoms with Crippen LogP contribution in [-0.4, -0.2) is 23.8 Å². The van der Waals surface area contributed by atoms with Crippen LogP contribution in [0.25, 0.3) is 0 Å². The second-order valence-electron chi connectivity index (χ2n) is 4.54. The molecule has 0 saturated carbocycles. The van der Waals surface area contributed by atoms with Crippen LogP contribution in [-0.2, 0) is 0 Å². The summed E-state index contributed by atoms with van der Waals surface area (Å²) in [6.07, 6.45) is 0. The monoisotopic (exact) mass is 272 g/mol. The van der Waals surface area contributed by atoms with Crippen molar-refractivity contribution in [1.29, 1.82) is 0 Å². The summed E-state index contributed by atoms with van der Waals surface area (Å²) in [7, 11) is 1.85. The summed E-state index contributed by atoms with van der Waals surface area (Å²) in [5.41, 5.74) is 1.87. The molecular weight excluding hydrogens is 256 g/mol. The molecule has 0 aliphatic carbocycles. The van der Waals surface area contributed by atoms with Crippen LogP contribution in [0.2, 0.25) is 0 Å². The van der Waals surface area contributed by atoms with E-state index in [4.69, 9.17) is 9.47 Å². The van der Waals surface area contributed by atoms with Gasteiger partial charge in [0.2, 0.25) is 6.79 Å². The van der Waals surface area contributed by atoms with Gasteiger partial charge in [0.1, 0.15) is 17.5 Å². The smallest absolute Gasteiger partial charge is 0.231 e. The van der Waals surface area contributed by atoms with E-state index in [2.05, 4.69) is 20.6 Å². The number of rotatable bonds is 3. The number of aromatic nitrogens is 2. The molecule has 0 amide bonds. The molecule has 0 fully saturated rings. The van der Waals surface area contributed by atoms with E-state index < -0.39 is 0 Å². The first-order valence-electron chi connectivity index (χ1n) is 6.37. The van der Waals surface area contributed by atoms with E-state index in [0.717, 1.165) is 34.4 Å². The van der Waals surface area contributed by atoms with Crippen molar-refractivity contribution in [3.8, 4) is 11.5 Å². The van der Waals surface area contributed by atoms with Gasteiger partial charge in [0, 0.05) is 24.4 Å².